The van der Waals surface area contributed by atoms with Gasteiger partial charge in [0.25, 0.3) is 0 Å². The molecule has 10 rings (SSSR count). The quantitative estimate of drug-likeness (QED) is 0.175. The van der Waals surface area contributed by atoms with E-state index < -0.39 is 0 Å². The Labute approximate surface area is 307 Å². The first-order valence-electron chi connectivity index (χ1n) is 18.1. The summed E-state index contributed by atoms with van der Waals surface area (Å²) in [6, 6.07) is 55.0. The van der Waals surface area contributed by atoms with Gasteiger partial charge in [0.1, 0.15) is 11.2 Å². The second kappa shape index (κ2) is 13.0. The number of benzene rings is 7. The van der Waals surface area contributed by atoms with Crippen molar-refractivity contribution in [3.05, 3.63) is 182 Å². The summed E-state index contributed by atoms with van der Waals surface area (Å²) < 4.78 is 6.48. The van der Waals surface area contributed by atoms with Gasteiger partial charge in [-0.3, -0.25) is 0 Å². The Hall–Kier alpha value is -6.91. The first-order valence-corrected chi connectivity index (χ1v) is 18.1. The minimum atomic E-state index is 0.635. The summed E-state index contributed by atoms with van der Waals surface area (Å²) in [6.45, 7) is 0. The standard InChI is InChI=1S/C49H33N3O/c1-3-10-32(11-4-1)34-18-23-37(24-19-34)48-50-47(36-13-5-2-6-14-36)51-49(52-48)38-25-21-35(22-26-38)42-16-9-17-44-46(42)43-29-28-41(31-45(43)53-44)40-27-20-33-12-7-8-15-39(33)30-40/h2-3,5-31H,1,4H2. The van der Waals surface area contributed by atoms with Crippen molar-refractivity contribution in [2.75, 3.05) is 0 Å². The molecule has 7 aromatic carbocycles. The number of fused-ring (bicyclic) bond motifs is 4. The van der Waals surface area contributed by atoms with Crippen LogP contribution in [0.15, 0.2) is 180 Å². The van der Waals surface area contributed by atoms with Crippen molar-refractivity contribution in [2.45, 2.75) is 12.8 Å². The van der Waals surface area contributed by atoms with E-state index in [1.807, 2.05) is 30.3 Å². The monoisotopic (exact) mass is 679 g/mol. The van der Waals surface area contributed by atoms with Crippen molar-refractivity contribution in [1.82, 2.24) is 15.0 Å². The van der Waals surface area contributed by atoms with Gasteiger partial charge in [0, 0.05) is 27.5 Å². The van der Waals surface area contributed by atoms with E-state index in [0.717, 1.165) is 68.2 Å². The van der Waals surface area contributed by atoms with E-state index in [-0.39, 0.29) is 0 Å². The molecule has 0 amide bonds. The summed E-state index contributed by atoms with van der Waals surface area (Å²) in [5.41, 5.74) is 11.6. The second-order valence-corrected chi connectivity index (χ2v) is 13.5. The lowest BCUT2D eigenvalue weighted by Crippen LogP contribution is -2.00. The molecular formula is C49H33N3O. The number of rotatable bonds is 6. The highest BCUT2D eigenvalue weighted by atomic mass is 16.3. The topological polar surface area (TPSA) is 51.8 Å². The third-order valence-electron chi connectivity index (χ3n) is 10.2. The van der Waals surface area contributed by atoms with Crippen LogP contribution in [0, 0.1) is 0 Å². The highest BCUT2D eigenvalue weighted by molar-refractivity contribution is 6.13. The largest absolute Gasteiger partial charge is 0.456 e. The molecule has 0 saturated heterocycles. The number of nitrogens with zero attached hydrogens (tertiary/aromatic N) is 3. The van der Waals surface area contributed by atoms with Gasteiger partial charge >= 0.3 is 0 Å². The molecule has 2 aromatic heterocycles. The van der Waals surface area contributed by atoms with E-state index in [9.17, 15) is 0 Å². The highest BCUT2D eigenvalue weighted by Gasteiger charge is 2.16. The molecule has 0 saturated carbocycles. The van der Waals surface area contributed by atoms with E-state index in [0.29, 0.717) is 17.5 Å². The molecule has 4 heteroatoms. The Morgan fingerprint density at radius 3 is 1.74 bits per heavy atom. The molecule has 0 aliphatic heterocycles. The smallest absolute Gasteiger partial charge is 0.164 e. The van der Waals surface area contributed by atoms with Gasteiger partial charge in [-0.2, -0.15) is 0 Å². The average molecular weight is 680 g/mol. The lowest BCUT2D eigenvalue weighted by molar-refractivity contribution is 0.669. The summed E-state index contributed by atoms with van der Waals surface area (Å²) >= 11 is 0. The summed E-state index contributed by atoms with van der Waals surface area (Å²) in [5, 5.41) is 4.67. The summed E-state index contributed by atoms with van der Waals surface area (Å²) in [5.74, 6) is 1.93. The van der Waals surface area contributed by atoms with E-state index in [4.69, 9.17) is 19.4 Å². The van der Waals surface area contributed by atoms with Gasteiger partial charge in [0.2, 0.25) is 0 Å². The molecule has 2 heterocycles. The van der Waals surface area contributed by atoms with Crippen molar-refractivity contribution in [3.8, 4) is 56.4 Å². The van der Waals surface area contributed by atoms with Crippen LogP contribution in [-0.4, -0.2) is 15.0 Å². The normalized spacial score (nSPS) is 12.8. The number of aromatic nitrogens is 3. The van der Waals surface area contributed by atoms with Gasteiger partial charge in [0.05, 0.1) is 0 Å². The molecule has 0 atom stereocenters. The molecule has 0 unspecified atom stereocenters. The zero-order valence-electron chi connectivity index (χ0n) is 28.9. The predicted octanol–water partition coefficient (Wildman–Crippen LogP) is 13.0. The lowest BCUT2D eigenvalue weighted by atomic mass is 9.97. The van der Waals surface area contributed by atoms with E-state index >= 15 is 0 Å². The van der Waals surface area contributed by atoms with Crippen LogP contribution in [0.1, 0.15) is 18.4 Å². The molecule has 0 bridgehead atoms. The van der Waals surface area contributed by atoms with Crippen LogP contribution in [0.2, 0.25) is 0 Å². The van der Waals surface area contributed by atoms with Crippen molar-refractivity contribution in [2.24, 2.45) is 0 Å². The summed E-state index contributed by atoms with van der Waals surface area (Å²) in [4.78, 5) is 14.9. The maximum atomic E-state index is 6.48. The second-order valence-electron chi connectivity index (χ2n) is 13.5. The van der Waals surface area contributed by atoms with Gasteiger partial charge in [-0.1, -0.05) is 152 Å². The molecule has 1 aliphatic rings. The molecule has 0 fully saturated rings. The molecule has 0 N–H and O–H groups in total. The Kier molecular flexibility index (Phi) is 7.58. The minimum absolute atomic E-state index is 0.635. The van der Waals surface area contributed by atoms with Crippen molar-refractivity contribution >= 4 is 38.3 Å². The van der Waals surface area contributed by atoms with Crippen LogP contribution >= 0.6 is 0 Å². The van der Waals surface area contributed by atoms with Gasteiger partial charge in [-0.15, -0.1) is 0 Å². The van der Waals surface area contributed by atoms with Crippen LogP contribution in [-0.2, 0) is 0 Å². The van der Waals surface area contributed by atoms with Gasteiger partial charge in [0.15, 0.2) is 17.5 Å². The predicted molar refractivity (Wildman–Crippen MR) is 218 cm³/mol. The fourth-order valence-electron chi connectivity index (χ4n) is 7.40. The highest BCUT2D eigenvalue weighted by Crippen LogP contribution is 2.39. The summed E-state index contributed by atoms with van der Waals surface area (Å²) in [6.07, 6.45) is 8.91. The SMILES string of the molecule is C1=CC(c2ccc(-c3nc(-c4ccccc4)nc(-c4ccc(-c5cccc6oc7cc(-c8ccc9ccccc9c8)ccc7c56)cc4)n3)cc2)=CCC1. The third kappa shape index (κ3) is 5.81. The van der Waals surface area contributed by atoms with Crippen LogP contribution in [0.25, 0.3) is 94.7 Å². The first-order chi connectivity index (χ1) is 26.2. The fraction of sp³-hybridized carbons (Fsp3) is 0.0408. The van der Waals surface area contributed by atoms with Crippen LogP contribution in [0.5, 0.6) is 0 Å². The average Bonchev–Trinajstić information content (AvgIpc) is 3.62. The van der Waals surface area contributed by atoms with E-state index in [1.54, 1.807) is 0 Å². The Morgan fingerprint density at radius 1 is 0.415 bits per heavy atom. The molecule has 250 valence electrons. The number of hydrogen-bond acceptors (Lipinski definition) is 4. The minimum Gasteiger partial charge on any atom is -0.456 e. The molecule has 0 radical (unpaired) electrons. The van der Waals surface area contributed by atoms with Crippen molar-refractivity contribution in [1.29, 1.82) is 0 Å². The molecule has 0 spiro atoms. The maximum Gasteiger partial charge on any atom is 0.164 e. The van der Waals surface area contributed by atoms with Crippen molar-refractivity contribution in [3.63, 3.8) is 0 Å². The Balaban J connectivity index is 1.01. The van der Waals surface area contributed by atoms with Crippen LogP contribution in [0.3, 0.4) is 0 Å². The van der Waals surface area contributed by atoms with E-state index in [1.165, 1.54) is 27.5 Å². The number of hydrogen-bond donors (Lipinski definition) is 0. The van der Waals surface area contributed by atoms with E-state index in [2.05, 4.69) is 146 Å². The molecule has 4 nitrogen and oxygen atoms in total. The zero-order valence-corrected chi connectivity index (χ0v) is 28.9. The van der Waals surface area contributed by atoms with Gasteiger partial charge in [-0.05, 0) is 81.3 Å². The van der Waals surface area contributed by atoms with Crippen LogP contribution < -0.4 is 0 Å². The van der Waals surface area contributed by atoms with Crippen LogP contribution in [0.4, 0.5) is 0 Å². The molecular weight excluding hydrogens is 647 g/mol. The van der Waals surface area contributed by atoms with Gasteiger partial charge < -0.3 is 4.42 Å². The zero-order chi connectivity index (χ0) is 35.1. The lowest BCUT2D eigenvalue weighted by Gasteiger charge is -2.11. The molecule has 53 heavy (non-hydrogen) atoms. The molecule has 1 aliphatic carbocycles. The number of furan rings is 1. The van der Waals surface area contributed by atoms with Crippen molar-refractivity contribution < 1.29 is 4.42 Å². The Bertz CT molecular complexity index is 2870. The summed E-state index contributed by atoms with van der Waals surface area (Å²) in [7, 11) is 0. The fourth-order valence-corrected chi connectivity index (χ4v) is 7.40. The molecule has 9 aromatic rings. The van der Waals surface area contributed by atoms with Gasteiger partial charge in [-0.25, -0.2) is 15.0 Å². The maximum absolute atomic E-state index is 6.48. The third-order valence-corrected chi connectivity index (χ3v) is 10.2. The Morgan fingerprint density at radius 2 is 1.02 bits per heavy atom. The first kappa shape index (κ1) is 30.9. The number of allylic oxidation sites excluding steroid dienone is 4.